The molecular weight excluding hydrogens is 493 g/mol. The van der Waals surface area contributed by atoms with Crippen molar-refractivity contribution in [2.75, 3.05) is 32.7 Å². The van der Waals surface area contributed by atoms with Gasteiger partial charge in [0.15, 0.2) is 27.3 Å². The number of hydrogen-bond acceptors (Lipinski definition) is 5. The Morgan fingerprint density at radius 1 is 1.04 bits per heavy atom. The summed E-state index contributed by atoms with van der Waals surface area (Å²) >= 11 is 0. The third kappa shape index (κ3) is 5.99. The molecule has 0 saturated carbocycles. The summed E-state index contributed by atoms with van der Waals surface area (Å²) < 4.78 is 35.2. The van der Waals surface area contributed by atoms with Gasteiger partial charge in [-0.05, 0) is 36.2 Å². The molecule has 0 spiro atoms. The summed E-state index contributed by atoms with van der Waals surface area (Å²) in [7, 11) is -1.65. The van der Waals surface area contributed by atoms with Crippen LogP contribution in [-0.2, 0) is 16.3 Å². The van der Waals surface area contributed by atoms with E-state index in [-0.39, 0.29) is 43.1 Å². The molecule has 7 nitrogen and oxygen atoms in total. The Bertz CT molecular complexity index is 905. The molecule has 0 saturated heterocycles. The molecule has 2 N–H and O–H groups in total. The number of nitrogens with zero attached hydrogens (tertiary/aromatic N) is 1. The summed E-state index contributed by atoms with van der Waals surface area (Å²) in [6.45, 7) is 1.20. The van der Waals surface area contributed by atoms with E-state index in [1.165, 1.54) is 0 Å². The van der Waals surface area contributed by atoms with Crippen LogP contribution < -0.4 is 20.1 Å². The van der Waals surface area contributed by atoms with Crippen molar-refractivity contribution in [1.29, 1.82) is 0 Å². The second-order valence-electron chi connectivity index (χ2n) is 6.00. The molecule has 2 aromatic rings. The third-order valence-corrected chi connectivity index (χ3v) is 5.86. The van der Waals surface area contributed by atoms with E-state index < -0.39 is 9.84 Å². The van der Waals surface area contributed by atoms with Gasteiger partial charge in [0.25, 0.3) is 0 Å². The summed E-state index contributed by atoms with van der Waals surface area (Å²) in [5.74, 6) is 2.10. The number of nitrogens with one attached hydrogen (secondary N) is 2. The molecule has 0 radical (unpaired) electrons. The predicted molar refractivity (Wildman–Crippen MR) is 120 cm³/mol. The molecule has 0 fully saturated rings. The monoisotopic (exact) mass is 517 g/mol. The highest BCUT2D eigenvalue weighted by Crippen LogP contribution is 2.32. The Kier molecular flexibility index (Phi) is 8.36. The fourth-order valence-electron chi connectivity index (χ4n) is 2.69. The highest BCUT2D eigenvalue weighted by Gasteiger charge is 2.14. The summed E-state index contributed by atoms with van der Waals surface area (Å²) in [6, 6.07) is 14.3. The number of benzene rings is 2. The Hall–Kier alpha value is -2.01. The zero-order valence-electron chi connectivity index (χ0n) is 15.6. The molecule has 1 aliphatic heterocycles. The molecule has 0 aromatic heterocycles. The van der Waals surface area contributed by atoms with Crippen LogP contribution in [0.3, 0.4) is 0 Å². The van der Waals surface area contributed by atoms with Crippen molar-refractivity contribution in [1.82, 2.24) is 10.6 Å². The van der Waals surface area contributed by atoms with Gasteiger partial charge in [0.05, 0.1) is 10.6 Å². The molecule has 1 heterocycles. The van der Waals surface area contributed by atoms with Gasteiger partial charge in [-0.1, -0.05) is 24.3 Å². The normalized spacial score (nSPS) is 13.0. The van der Waals surface area contributed by atoms with Gasteiger partial charge >= 0.3 is 0 Å². The minimum Gasteiger partial charge on any atom is -0.454 e. The zero-order chi connectivity index (χ0) is 19.1. The number of aliphatic imine (C=N–C) groups is 1. The molecule has 0 unspecified atom stereocenters. The van der Waals surface area contributed by atoms with E-state index in [0.29, 0.717) is 17.4 Å². The lowest BCUT2D eigenvalue weighted by Crippen LogP contribution is -2.40. The maximum atomic E-state index is 12.3. The van der Waals surface area contributed by atoms with Crippen LogP contribution in [0.4, 0.5) is 0 Å². The van der Waals surface area contributed by atoms with Crippen LogP contribution in [0.25, 0.3) is 0 Å². The first-order valence-corrected chi connectivity index (χ1v) is 10.3. The van der Waals surface area contributed by atoms with Crippen molar-refractivity contribution in [2.45, 2.75) is 11.3 Å². The van der Waals surface area contributed by atoms with E-state index in [9.17, 15) is 8.42 Å². The smallest absolute Gasteiger partial charge is 0.231 e. The number of rotatable bonds is 7. The van der Waals surface area contributed by atoms with E-state index in [4.69, 9.17) is 9.47 Å². The maximum Gasteiger partial charge on any atom is 0.231 e. The second kappa shape index (κ2) is 10.5. The lowest BCUT2D eigenvalue weighted by Gasteiger charge is -2.12. The van der Waals surface area contributed by atoms with E-state index in [1.807, 2.05) is 18.2 Å². The molecule has 0 atom stereocenters. The van der Waals surface area contributed by atoms with Crippen molar-refractivity contribution in [3.63, 3.8) is 0 Å². The molecule has 3 rings (SSSR count). The molecule has 0 bridgehead atoms. The number of sulfone groups is 1. The Morgan fingerprint density at radius 2 is 1.75 bits per heavy atom. The Balaban J connectivity index is 0.00000280. The standard InChI is InChI=1S/C19H23N3O4S.HI/c1-20-19(22-11-12-27(23,24)16-5-3-2-4-6-16)21-10-9-15-7-8-17-18(13-15)26-14-25-17;/h2-8,13H,9-12,14H2,1H3,(H2,20,21,22);1H. The molecule has 28 heavy (non-hydrogen) atoms. The van der Waals surface area contributed by atoms with Gasteiger partial charge in [-0.25, -0.2) is 8.42 Å². The van der Waals surface area contributed by atoms with Crippen LogP contribution in [0, 0.1) is 0 Å². The highest BCUT2D eigenvalue weighted by molar-refractivity contribution is 14.0. The van der Waals surface area contributed by atoms with Crippen LogP contribution in [-0.4, -0.2) is 47.1 Å². The summed E-state index contributed by atoms with van der Waals surface area (Å²) in [4.78, 5) is 4.46. The largest absolute Gasteiger partial charge is 0.454 e. The van der Waals surface area contributed by atoms with Crippen LogP contribution in [0.15, 0.2) is 58.4 Å². The topological polar surface area (TPSA) is 89.0 Å². The lowest BCUT2D eigenvalue weighted by atomic mass is 10.1. The van der Waals surface area contributed by atoms with Gasteiger partial charge in [0, 0.05) is 20.1 Å². The van der Waals surface area contributed by atoms with Crippen LogP contribution in [0.1, 0.15) is 5.56 Å². The van der Waals surface area contributed by atoms with E-state index >= 15 is 0 Å². The van der Waals surface area contributed by atoms with Crippen molar-refractivity contribution in [2.24, 2.45) is 4.99 Å². The first-order valence-electron chi connectivity index (χ1n) is 8.69. The van der Waals surface area contributed by atoms with E-state index in [1.54, 1.807) is 37.4 Å². The molecule has 1 aliphatic rings. The number of guanidine groups is 1. The van der Waals surface area contributed by atoms with Crippen LogP contribution in [0.5, 0.6) is 11.5 Å². The summed E-state index contributed by atoms with van der Waals surface area (Å²) in [5, 5.41) is 6.22. The summed E-state index contributed by atoms with van der Waals surface area (Å²) in [6.07, 6.45) is 0.777. The SMILES string of the molecule is CN=C(NCCc1ccc2c(c1)OCO2)NCCS(=O)(=O)c1ccccc1.I. The minimum atomic E-state index is -3.30. The minimum absolute atomic E-state index is 0. The fourth-order valence-corrected chi connectivity index (χ4v) is 3.87. The number of hydrogen-bond donors (Lipinski definition) is 2. The van der Waals surface area contributed by atoms with E-state index in [0.717, 1.165) is 23.5 Å². The van der Waals surface area contributed by atoms with Gasteiger partial charge in [-0.15, -0.1) is 24.0 Å². The first kappa shape index (κ1) is 22.3. The van der Waals surface area contributed by atoms with Crippen LogP contribution in [0.2, 0.25) is 0 Å². The molecule has 2 aromatic carbocycles. The maximum absolute atomic E-state index is 12.3. The number of fused-ring (bicyclic) bond motifs is 1. The van der Waals surface area contributed by atoms with Crippen LogP contribution >= 0.6 is 24.0 Å². The molecule has 9 heteroatoms. The highest BCUT2D eigenvalue weighted by atomic mass is 127. The van der Waals surface area contributed by atoms with Gasteiger partial charge in [0.1, 0.15) is 0 Å². The van der Waals surface area contributed by atoms with Crippen molar-refractivity contribution in [3.05, 3.63) is 54.1 Å². The third-order valence-electron chi connectivity index (χ3n) is 4.13. The lowest BCUT2D eigenvalue weighted by molar-refractivity contribution is 0.174. The Morgan fingerprint density at radius 3 is 2.50 bits per heavy atom. The molecule has 0 amide bonds. The average molecular weight is 517 g/mol. The zero-order valence-corrected chi connectivity index (χ0v) is 18.7. The number of halogens is 1. The predicted octanol–water partition coefficient (Wildman–Crippen LogP) is 2.21. The fraction of sp³-hybridized carbons (Fsp3) is 0.316. The van der Waals surface area contributed by atoms with E-state index in [2.05, 4.69) is 15.6 Å². The average Bonchev–Trinajstić information content (AvgIpc) is 3.15. The van der Waals surface area contributed by atoms with Crippen molar-refractivity contribution in [3.8, 4) is 11.5 Å². The molecular formula is C19H24IN3O4S. The quantitative estimate of drug-likeness (QED) is 0.333. The van der Waals surface area contributed by atoms with Gasteiger partial charge in [0.2, 0.25) is 6.79 Å². The van der Waals surface area contributed by atoms with Gasteiger partial charge in [-0.2, -0.15) is 0 Å². The molecule has 0 aliphatic carbocycles. The molecule has 152 valence electrons. The first-order chi connectivity index (χ1) is 13.1. The van der Waals surface area contributed by atoms with Crippen molar-refractivity contribution >= 4 is 39.8 Å². The summed E-state index contributed by atoms with van der Waals surface area (Å²) in [5.41, 5.74) is 1.12. The number of ether oxygens (including phenoxy) is 2. The van der Waals surface area contributed by atoms with Gasteiger partial charge < -0.3 is 20.1 Å². The van der Waals surface area contributed by atoms with Gasteiger partial charge in [-0.3, -0.25) is 4.99 Å². The Labute approximate surface area is 182 Å². The van der Waals surface area contributed by atoms with Crippen molar-refractivity contribution < 1.29 is 17.9 Å². The second-order valence-corrected chi connectivity index (χ2v) is 8.10.